The number of hydrogen-bond donors (Lipinski definition) is 2. The van der Waals surface area contributed by atoms with Crippen LogP contribution >= 0.6 is 0 Å². The molecule has 0 spiro atoms. The second kappa shape index (κ2) is 8.68. The monoisotopic (exact) mass is 399 g/mol. The lowest BCUT2D eigenvalue weighted by Crippen LogP contribution is -2.36. The van der Waals surface area contributed by atoms with Crippen LogP contribution in [-0.4, -0.2) is 37.3 Å². The van der Waals surface area contributed by atoms with Gasteiger partial charge in [-0.25, -0.2) is 8.42 Å². The van der Waals surface area contributed by atoms with Gasteiger partial charge >= 0.3 is 0 Å². The van der Waals surface area contributed by atoms with E-state index in [9.17, 15) is 13.2 Å². The molecule has 0 atom stereocenters. The van der Waals surface area contributed by atoms with Gasteiger partial charge in [-0.05, 0) is 43.0 Å². The number of aromatic nitrogens is 1. The molecule has 7 heteroatoms. The van der Waals surface area contributed by atoms with Gasteiger partial charge in [-0.15, -0.1) is 0 Å². The van der Waals surface area contributed by atoms with E-state index in [2.05, 4.69) is 4.98 Å². The second-order valence-corrected chi connectivity index (χ2v) is 8.67. The normalized spacial score (nSPS) is 12.0. The Morgan fingerprint density at radius 2 is 1.79 bits per heavy atom. The first-order valence-corrected chi connectivity index (χ1v) is 10.7. The lowest BCUT2D eigenvalue weighted by molar-refractivity contribution is 0.412. The van der Waals surface area contributed by atoms with E-state index in [0.29, 0.717) is 29.3 Å². The number of nitrogens with zero attached hydrogens (tertiary/aromatic N) is 1. The van der Waals surface area contributed by atoms with E-state index < -0.39 is 10.0 Å². The highest BCUT2D eigenvalue weighted by molar-refractivity contribution is 7.89. The summed E-state index contributed by atoms with van der Waals surface area (Å²) in [6.07, 6.45) is 3.02. The average Bonchev–Trinajstić information content (AvgIpc) is 2.70. The number of nitrogens with two attached hydrogens (primary N) is 1. The number of hydrogen-bond acceptors (Lipinski definition) is 4. The van der Waals surface area contributed by atoms with Gasteiger partial charge in [0.15, 0.2) is 0 Å². The number of H-pyrrole nitrogens is 1. The van der Waals surface area contributed by atoms with Crippen molar-refractivity contribution in [2.75, 3.05) is 19.6 Å². The molecule has 6 nitrogen and oxygen atoms in total. The van der Waals surface area contributed by atoms with Gasteiger partial charge in [0, 0.05) is 36.6 Å². The predicted octanol–water partition coefficient (Wildman–Crippen LogP) is 2.42. The first kappa shape index (κ1) is 20.3. The smallest absolute Gasteiger partial charge is 0.255 e. The van der Waals surface area contributed by atoms with Crippen LogP contribution in [0.25, 0.3) is 10.8 Å². The zero-order valence-electron chi connectivity index (χ0n) is 15.9. The summed E-state index contributed by atoms with van der Waals surface area (Å²) < 4.78 is 28.2. The fraction of sp³-hybridized carbons (Fsp3) is 0.286. The Labute approximate surface area is 165 Å². The third-order valence-corrected chi connectivity index (χ3v) is 6.74. The molecule has 0 unspecified atom stereocenters. The standard InChI is InChI=1S/C21H25N3O3S/c1-16-15-23-21(25)18-10-5-11-19(20(16)18)28(26,27)24(14-12-22)13-6-9-17-7-3-2-4-8-17/h2-5,7-8,10-11,15H,6,9,12-14,22H2,1H3,(H,23,25). The molecule has 0 fully saturated rings. The predicted molar refractivity (Wildman–Crippen MR) is 112 cm³/mol. The van der Waals surface area contributed by atoms with Crippen molar-refractivity contribution in [1.29, 1.82) is 0 Å². The van der Waals surface area contributed by atoms with Crippen molar-refractivity contribution >= 4 is 20.8 Å². The van der Waals surface area contributed by atoms with Crippen LogP contribution in [0.2, 0.25) is 0 Å². The number of fused-ring (bicyclic) bond motifs is 1. The van der Waals surface area contributed by atoms with Crippen LogP contribution in [0.5, 0.6) is 0 Å². The molecular weight excluding hydrogens is 374 g/mol. The molecule has 0 bridgehead atoms. The number of aryl methyl sites for hydroxylation is 2. The van der Waals surface area contributed by atoms with Gasteiger partial charge in [0.05, 0.1) is 4.90 Å². The van der Waals surface area contributed by atoms with E-state index in [1.165, 1.54) is 9.87 Å². The van der Waals surface area contributed by atoms with Crippen molar-refractivity contribution in [3.8, 4) is 0 Å². The van der Waals surface area contributed by atoms with E-state index in [-0.39, 0.29) is 23.5 Å². The molecule has 0 aliphatic rings. The zero-order chi connectivity index (χ0) is 20.1. The third kappa shape index (κ3) is 4.16. The summed E-state index contributed by atoms with van der Waals surface area (Å²) in [5.41, 5.74) is 7.27. The van der Waals surface area contributed by atoms with Gasteiger partial charge in [-0.2, -0.15) is 4.31 Å². The number of benzene rings is 2. The Morgan fingerprint density at radius 3 is 2.50 bits per heavy atom. The molecule has 2 aromatic carbocycles. The summed E-state index contributed by atoms with van der Waals surface area (Å²) in [6, 6.07) is 14.8. The maximum Gasteiger partial charge on any atom is 0.255 e. The summed E-state index contributed by atoms with van der Waals surface area (Å²) in [5, 5.41) is 0.842. The average molecular weight is 400 g/mol. The molecule has 0 radical (unpaired) electrons. The minimum atomic E-state index is -3.78. The zero-order valence-corrected chi connectivity index (χ0v) is 16.7. The van der Waals surface area contributed by atoms with Crippen LogP contribution in [0.15, 0.2) is 64.4 Å². The van der Waals surface area contributed by atoms with Gasteiger partial charge < -0.3 is 10.7 Å². The number of nitrogens with one attached hydrogen (secondary N) is 1. The SMILES string of the molecule is Cc1c[nH]c(=O)c2cccc(S(=O)(=O)N(CCN)CCCc3ccccc3)c12. The Kier molecular flexibility index (Phi) is 6.28. The van der Waals surface area contributed by atoms with Crippen LogP contribution in [0.4, 0.5) is 0 Å². The summed E-state index contributed by atoms with van der Waals surface area (Å²) in [5.74, 6) is 0. The molecule has 0 aliphatic carbocycles. The minimum absolute atomic E-state index is 0.154. The highest BCUT2D eigenvalue weighted by Gasteiger charge is 2.26. The highest BCUT2D eigenvalue weighted by atomic mass is 32.2. The second-order valence-electron chi connectivity index (χ2n) is 6.76. The largest absolute Gasteiger partial charge is 0.329 e. The maximum atomic E-state index is 13.4. The van der Waals surface area contributed by atoms with Crippen LogP contribution in [-0.2, 0) is 16.4 Å². The van der Waals surface area contributed by atoms with E-state index in [1.807, 2.05) is 30.3 Å². The van der Waals surface area contributed by atoms with Gasteiger partial charge in [0.1, 0.15) is 0 Å². The first-order chi connectivity index (χ1) is 13.4. The summed E-state index contributed by atoms with van der Waals surface area (Å²) in [4.78, 5) is 14.9. The molecule has 28 heavy (non-hydrogen) atoms. The van der Waals surface area contributed by atoms with E-state index in [1.54, 1.807) is 31.3 Å². The van der Waals surface area contributed by atoms with E-state index >= 15 is 0 Å². The molecule has 0 saturated heterocycles. The van der Waals surface area contributed by atoms with Gasteiger partial charge in [0.2, 0.25) is 10.0 Å². The van der Waals surface area contributed by atoms with Crippen molar-refractivity contribution in [2.45, 2.75) is 24.7 Å². The number of rotatable bonds is 8. The van der Waals surface area contributed by atoms with Crippen molar-refractivity contribution in [3.05, 3.63) is 76.2 Å². The molecule has 1 heterocycles. The number of aromatic amines is 1. The van der Waals surface area contributed by atoms with Crippen LogP contribution in [0.1, 0.15) is 17.5 Å². The van der Waals surface area contributed by atoms with Gasteiger partial charge in [-0.3, -0.25) is 4.79 Å². The Balaban J connectivity index is 1.93. The maximum absolute atomic E-state index is 13.4. The molecule has 3 aromatic rings. The molecule has 3 rings (SSSR count). The fourth-order valence-corrected chi connectivity index (χ4v) is 5.18. The van der Waals surface area contributed by atoms with Crippen molar-refractivity contribution in [1.82, 2.24) is 9.29 Å². The van der Waals surface area contributed by atoms with E-state index in [4.69, 9.17) is 5.73 Å². The minimum Gasteiger partial charge on any atom is -0.329 e. The quantitative estimate of drug-likeness (QED) is 0.608. The summed E-state index contributed by atoms with van der Waals surface area (Å²) in [6.45, 7) is 2.62. The fourth-order valence-electron chi connectivity index (χ4n) is 3.41. The Hall–Kier alpha value is -2.48. The van der Waals surface area contributed by atoms with Crippen LogP contribution < -0.4 is 11.3 Å². The molecular formula is C21H25N3O3S. The van der Waals surface area contributed by atoms with Crippen LogP contribution in [0.3, 0.4) is 0 Å². The summed E-state index contributed by atoms with van der Waals surface area (Å²) in [7, 11) is -3.78. The molecule has 0 saturated carbocycles. The van der Waals surface area contributed by atoms with Crippen molar-refractivity contribution in [2.24, 2.45) is 5.73 Å². The lowest BCUT2D eigenvalue weighted by atomic mass is 10.1. The van der Waals surface area contributed by atoms with Crippen molar-refractivity contribution < 1.29 is 8.42 Å². The lowest BCUT2D eigenvalue weighted by Gasteiger charge is -2.23. The molecule has 1 aromatic heterocycles. The molecule has 0 aliphatic heterocycles. The van der Waals surface area contributed by atoms with Gasteiger partial charge in [-0.1, -0.05) is 36.4 Å². The highest BCUT2D eigenvalue weighted by Crippen LogP contribution is 2.26. The number of sulfonamides is 1. The third-order valence-electron chi connectivity index (χ3n) is 4.80. The molecule has 3 N–H and O–H groups in total. The Bertz CT molecular complexity index is 1110. The van der Waals surface area contributed by atoms with E-state index in [0.717, 1.165) is 6.42 Å². The molecule has 148 valence electrons. The summed E-state index contributed by atoms with van der Waals surface area (Å²) >= 11 is 0. The molecule has 0 amide bonds. The van der Waals surface area contributed by atoms with Crippen molar-refractivity contribution in [3.63, 3.8) is 0 Å². The van der Waals surface area contributed by atoms with Gasteiger partial charge in [0.25, 0.3) is 5.56 Å². The topological polar surface area (TPSA) is 96.3 Å². The van der Waals surface area contributed by atoms with Crippen LogP contribution in [0, 0.1) is 6.92 Å². The first-order valence-electron chi connectivity index (χ1n) is 9.30. The Morgan fingerprint density at radius 1 is 1.04 bits per heavy atom. The number of pyridine rings is 1.